The fourth-order valence-corrected chi connectivity index (χ4v) is 6.42. The Labute approximate surface area is 196 Å². The maximum Gasteiger partial charge on any atom is 0.246 e. The number of carbonyl (C=O) groups is 3. The first-order valence-corrected chi connectivity index (χ1v) is 12.1. The van der Waals surface area contributed by atoms with Gasteiger partial charge in [-0.05, 0) is 25.3 Å². The van der Waals surface area contributed by atoms with Gasteiger partial charge in [0, 0.05) is 17.9 Å². The number of likely N-dealkylation sites (tertiary alicyclic amines) is 1. The van der Waals surface area contributed by atoms with Gasteiger partial charge < -0.3 is 25.4 Å². The third-order valence-electron chi connectivity index (χ3n) is 6.88. The monoisotopic (exact) mass is 507 g/mol. The van der Waals surface area contributed by atoms with E-state index in [0.717, 1.165) is 12.0 Å². The lowest BCUT2D eigenvalue weighted by molar-refractivity contribution is -0.145. The highest BCUT2D eigenvalue weighted by Gasteiger charge is 2.76. The molecule has 3 amide bonds. The summed E-state index contributed by atoms with van der Waals surface area (Å²) in [6, 6.07) is 8.02. The highest BCUT2D eigenvalue weighted by Crippen LogP contribution is 2.60. The van der Waals surface area contributed by atoms with Crippen molar-refractivity contribution < 1.29 is 24.2 Å². The van der Waals surface area contributed by atoms with E-state index in [4.69, 9.17) is 4.74 Å². The molecule has 1 aromatic carbocycles. The van der Waals surface area contributed by atoms with Gasteiger partial charge in [0.1, 0.15) is 11.6 Å². The van der Waals surface area contributed by atoms with Crippen molar-refractivity contribution in [1.82, 2.24) is 15.5 Å². The number of halogens is 1. The van der Waals surface area contributed by atoms with Gasteiger partial charge in [-0.25, -0.2) is 0 Å². The van der Waals surface area contributed by atoms with Crippen molar-refractivity contribution in [2.24, 2.45) is 11.8 Å². The summed E-state index contributed by atoms with van der Waals surface area (Å²) in [4.78, 5) is 41.4. The Balaban J connectivity index is 1.66. The molecule has 3 unspecified atom stereocenters. The molecule has 32 heavy (non-hydrogen) atoms. The van der Waals surface area contributed by atoms with E-state index in [9.17, 15) is 19.5 Å². The highest BCUT2D eigenvalue weighted by molar-refractivity contribution is 9.09. The van der Waals surface area contributed by atoms with E-state index in [1.165, 1.54) is 4.90 Å². The number of aliphatic hydroxyl groups is 1. The largest absolute Gasteiger partial charge is 0.394 e. The Bertz CT molecular complexity index is 884. The molecule has 0 radical (unpaired) electrons. The van der Waals surface area contributed by atoms with E-state index in [-0.39, 0.29) is 29.2 Å². The predicted octanol–water partition coefficient (Wildman–Crippen LogP) is 0.958. The van der Waals surface area contributed by atoms with Crippen molar-refractivity contribution in [2.45, 2.75) is 61.8 Å². The minimum atomic E-state index is -1.10. The van der Waals surface area contributed by atoms with Gasteiger partial charge in [0.05, 0.1) is 30.6 Å². The van der Waals surface area contributed by atoms with E-state index in [1.54, 1.807) is 6.92 Å². The second kappa shape index (κ2) is 9.11. The average Bonchev–Trinajstić information content (AvgIpc) is 3.39. The van der Waals surface area contributed by atoms with Crippen LogP contribution >= 0.6 is 15.9 Å². The summed E-state index contributed by atoms with van der Waals surface area (Å²) >= 11 is 3.63. The zero-order valence-electron chi connectivity index (χ0n) is 18.3. The zero-order valence-corrected chi connectivity index (χ0v) is 19.9. The van der Waals surface area contributed by atoms with Crippen LogP contribution in [0.5, 0.6) is 0 Å². The Morgan fingerprint density at radius 2 is 2.00 bits per heavy atom. The molecule has 2 bridgehead atoms. The standard InChI is InChI=1S/C23H30BrN3O5/c1-3-9-25-20(29)16-17-22(31)27(13(2)12-28)19(23(17)10-15(24)18(16)32-23)21(30)26-11-14-7-5-4-6-8-14/h4-8,13,15-19,28H,3,9-12H2,1-2H3,(H,25,29)(H,26,30)/t13-,15?,16-,17+,18-,19?,23?/m1/s1. The van der Waals surface area contributed by atoms with Crippen molar-refractivity contribution in [3.05, 3.63) is 35.9 Å². The topological polar surface area (TPSA) is 108 Å². The molecule has 0 aromatic heterocycles. The number of nitrogens with one attached hydrogen (secondary N) is 2. The highest BCUT2D eigenvalue weighted by atomic mass is 79.9. The predicted molar refractivity (Wildman–Crippen MR) is 121 cm³/mol. The number of hydrogen-bond acceptors (Lipinski definition) is 5. The van der Waals surface area contributed by atoms with E-state index < -0.39 is 35.6 Å². The lowest BCUT2D eigenvalue weighted by Gasteiger charge is -2.35. The number of benzene rings is 1. The summed E-state index contributed by atoms with van der Waals surface area (Å²) in [5.41, 5.74) is -0.165. The van der Waals surface area contributed by atoms with Crippen LogP contribution < -0.4 is 10.6 Å². The Morgan fingerprint density at radius 3 is 2.66 bits per heavy atom. The molecule has 1 spiro atoms. The summed E-state index contributed by atoms with van der Waals surface area (Å²) in [5, 5.41) is 15.7. The fraction of sp³-hybridized carbons (Fsp3) is 0.609. The molecule has 4 rings (SSSR count). The Hall–Kier alpha value is -1.97. The molecule has 174 valence electrons. The van der Waals surface area contributed by atoms with Crippen molar-refractivity contribution >= 4 is 33.7 Å². The zero-order chi connectivity index (χ0) is 23.0. The minimum Gasteiger partial charge on any atom is -0.394 e. The van der Waals surface area contributed by atoms with E-state index >= 15 is 0 Å². The molecular formula is C23H30BrN3O5. The summed E-state index contributed by atoms with van der Waals surface area (Å²) in [6.07, 6.45) is 0.754. The molecule has 0 saturated carbocycles. The van der Waals surface area contributed by atoms with E-state index in [0.29, 0.717) is 19.5 Å². The molecule has 1 aromatic rings. The second-order valence-corrected chi connectivity index (χ2v) is 10.1. The van der Waals surface area contributed by atoms with Crippen LogP contribution in [0.25, 0.3) is 0 Å². The number of nitrogens with zero attached hydrogens (tertiary/aromatic N) is 1. The van der Waals surface area contributed by atoms with Gasteiger partial charge in [0.15, 0.2) is 0 Å². The van der Waals surface area contributed by atoms with Crippen LogP contribution in [0.15, 0.2) is 30.3 Å². The van der Waals surface area contributed by atoms with Crippen LogP contribution in [0.1, 0.15) is 32.3 Å². The molecule has 3 aliphatic heterocycles. The molecule has 8 nitrogen and oxygen atoms in total. The van der Waals surface area contributed by atoms with Gasteiger partial charge in [0.25, 0.3) is 0 Å². The SMILES string of the molecule is CCCNC(=O)[C@H]1[C@@H]2OC3(CC2Br)C(C(=O)NCc2ccccc2)N([C@H](C)CO)C(=O)[C@H]13. The van der Waals surface area contributed by atoms with Crippen LogP contribution in [0.3, 0.4) is 0 Å². The number of hydrogen-bond donors (Lipinski definition) is 3. The van der Waals surface area contributed by atoms with Gasteiger partial charge in [-0.1, -0.05) is 53.2 Å². The van der Waals surface area contributed by atoms with Crippen molar-refractivity contribution in [1.29, 1.82) is 0 Å². The molecule has 3 aliphatic rings. The van der Waals surface area contributed by atoms with E-state index in [1.807, 2.05) is 37.3 Å². The van der Waals surface area contributed by atoms with E-state index in [2.05, 4.69) is 26.6 Å². The maximum atomic E-state index is 13.6. The van der Waals surface area contributed by atoms with Crippen LogP contribution in [-0.4, -0.2) is 69.5 Å². The summed E-state index contributed by atoms with van der Waals surface area (Å²) < 4.78 is 6.38. The third-order valence-corrected chi connectivity index (χ3v) is 7.72. The van der Waals surface area contributed by atoms with Crippen LogP contribution in [0.4, 0.5) is 0 Å². The molecule has 0 aliphatic carbocycles. The normalized spacial score (nSPS) is 33.8. The van der Waals surface area contributed by atoms with Crippen molar-refractivity contribution in [2.75, 3.05) is 13.2 Å². The van der Waals surface area contributed by atoms with Crippen LogP contribution in [0.2, 0.25) is 0 Å². The first-order chi connectivity index (χ1) is 15.4. The molecule has 7 atom stereocenters. The Morgan fingerprint density at radius 1 is 1.28 bits per heavy atom. The lowest BCUT2D eigenvalue weighted by atomic mass is 9.70. The van der Waals surface area contributed by atoms with Crippen molar-refractivity contribution in [3.8, 4) is 0 Å². The lowest BCUT2D eigenvalue weighted by Crippen LogP contribution is -2.57. The second-order valence-electron chi connectivity index (χ2n) is 8.94. The number of carbonyl (C=O) groups excluding carboxylic acids is 3. The van der Waals surface area contributed by atoms with Gasteiger partial charge >= 0.3 is 0 Å². The number of alkyl halides is 1. The summed E-state index contributed by atoms with van der Waals surface area (Å²) in [7, 11) is 0. The third kappa shape index (κ3) is 3.64. The first-order valence-electron chi connectivity index (χ1n) is 11.2. The van der Waals surface area contributed by atoms with Gasteiger partial charge in [0.2, 0.25) is 17.7 Å². The van der Waals surface area contributed by atoms with Gasteiger partial charge in [-0.15, -0.1) is 0 Å². The number of fused-ring (bicyclic) bond motifs is 1. The fourth-order valence-electron chi connectivity index (χ4n) is 5.48. The quantitative estimate of drug-likeness (QED) is 0.454. The first kappa shape index (κ1) is 23.2. The summed E-state index contributed by atoms with van der Waals surface area (Å²) in [6.45, 7) is 4.21. The minimum absolute atomic E-state index is 0.141. The van der Waals surface area contributed by atoms with Crippen LogP contribution in [0, 0.1) is 11.8 Å². The number of aliphatic hydroxyl groups excluding tert-OH is 1. The number of rotatable bonds is 8. The van der Waals surface area contributed by atoms with Gasteiger partial charge in [-0.2, -0.15) is 0 Å². The molecule has 3 saturated heterocycles. The number of ether oxygens (including phenoxy) is 1. The molecule has 3 heterocycles. The molecule has 9 heteroatoms. The van der Waals surface area contributed by atoms with Crippen molar-refractivity contribution in [3.63, 3.8) is 0 Å². The average molecular weight is 508 g/mol. The molecular weight excluding hydrogens is 478 g/mol. The Kier molecular flexibility index (Phi) is 6.61. The smallest absolute Gasteiger partial charge is 0.246 e. The molecule has 3 N–H and O–H groups in total. The number of amides is 3. The van der Waals surface area contributed by atoms with Gasteiger partial charge in [-0.3, -0.25) is 14.4 Å². The summed E-state index contributed by atoms with van der Waals surface area (Å²) in [5.74, 6) is -2.28. The maximum absolute atomic E-state index is 13.6. The van der Waals surface area contributed by atoms with Crippen LogP contribution in [-0.2, 0) is 25.7 Å². The molecule has 3 fully saturated rings.